The van der Waals surface area contributed by atoms with Gasteiger partial charge < -0.3 is 18.9 Å². The highest BCUT2D eigenvalue weighted by molar-refractivity contribution is 6.12. The first kappa shape index (κ1) is 26.8. The van der Waals surface area contributed by atoms with Gasteiger partial charge in [-0.05, 0) is 25.7 Å². The highest BCUT2D eigenvalue weighted by Gasteiger charge is 2.20. The van der Waals surface area contributed by atoms with E-state index in [-0.39, 0.29) is 13.2 Å². The number of hydrogen-bond donors (Lipinski definition) is 0. The van der Waals surface area contributed by atoms with Crippen LogP contribution in [0.25, 0.3) is 21.5 Å². The molecule has 3 aromatic carbocycles. The summed E-state index contributed by atoms with van der Waals surface area (Å²) in [6, 6.07) is 14.6. The molecule has 0 aliphatic rings. The molecule has 0 bridgehead atoms. The smallest absolute Gasteiger partial charge is 0.434 e. The van der Waals surface area contributed by atoms with E-state index in [1.54, 1.807) is 0 Å². The fourth-order valence-electron chi connectivity index (χ4n) is 3.72. The van der Waals surface area contributed by atoms with Crippen molar-refractivity contribution < 1.29 is 28.5 Å². The minimum Gasteiger partial charge on any atom is -0.434 e. The van der Waals surface area contributed by atoms with Crippen molar-refractivity contribution in [3.05, 3.63) is 72.8 Å². The van der Waals surface area contributed by atoms with E-state index in [0.717, 1.165) is 25.7 Å². The fraction of sp³-hybridized carbons (Fsp3) is 0.333. The molecule has 0 heterocycles. The number of hydrogen-bond acceptors (Lipinski definition) is 6. The Kier molecular flexibility index (Phi) is 10.8. The average Bonchev–Trinajstić information content (AvgIpc) is 2.90. The van der Waals surface area contributed by atoms with Crippen LogP contribution in [0.2, 0.25) is 0 Å². The van der Waals surface area contributed by atoms with Crippen LogP contribution >= 0.6 is 0 Å². The first-order valence-corrected chi connectivity index (χ1v) is 12.6. The van der Waals surface area contributed by atoms with Crippen LogP contribution in [0, 0.1) is 0 Å². The zero-order chi connectivity index (χ0) is 25.6. The lowest BCUT2D eigenvalue weighted by atomic mass is 10.0. The predicted octanol–water partition coefficient (Wildman–Crippen LogP) is 8.52. The lowest BCUT2D eigenvalue weighted by Crippen LogP contribution is -2.13. The van der Waals surface area contributed by atoms with Crippen LogP contribution < -0.4 is 9.47 Å². The summed E-state index contributed by atoms with van der Waals surface area (Å²) in [4.78, 5) is 25.0. The molecule has 6 heteroatoms. The first-order chi connectivity index (χ1) is 17.7. The van der Waals surface area contributed by atoms with Crippen molar-refractivity contribution in [1.82, 2.24) is 0 Å². The van der Waals surface area contributed by atoms with Crippen LogP contribution in [-0.4, -0.2) is 25.5 Å². The maximum atomic E-state index is 12.5. The van der Waals surface area contributed by atoms with E-state index in [2.05, 4.69) is 26.0 Å². The third-order valence-corrected chi connectivity index (χ3v) is 5.46. The summed E-state index contributed by atoms with van der Waals surface area (Å²) in [5.74, 6) is 0.712. The molecule has 0 radical (unpaired) electrons. The van der Waals surface area contributed by atoms with Gasteiger partial charge in [0.15, 0.2) is 0 Å². The molecule has 0 amide bonds. The molecule has 0 fully saturated rings. The normalized spacial score (nSPS) is 11.4. The summed E-state index contributed by atoms with van der Waals surface area (Å²) in [7, 11) is 0. The fourth-order valence-corrected chi connectivity index (χ4v) is 3.72. The molecule has 0 aromatic heterocycles. The summed E-state index contributed by atoms with van der Waals surface area (Å²) in [5, 5.41) is 2.50. The lowest BCUT2D eigenvalue weighted by molar-refractivity contribution is 0.0999. The van der Waals surface area contributed by atoms with Crippen LogP contribution in [0.5, 0.6) is 11.5 Å². The van der Waals surface area contributed by atoms with E-state index >= 15 is 0 Å². The summed E-state index contributed by atoms with van der Waals surface area (Å²) in [6.45, 7) is 4.68. The molecule has 0 unspecified atom stereocenters. The second kappa shape index (κ2) is 14.6. The Balaban J connectivity index is 1.80. The van der Waals surface area contributed by atoms with Gasteiger partial charge in [-0.1, -0.05) is 99.5 Å². The number of carbonyl (C=O) groups is 2. The number of allylic oxidation sites excluding steroid dienone is 2. The van der Waals surface area contributed by atoms with Gasteiger partial charge in [0.05, 0.1) is 13.2 Å². The molecule has 0 aliphatic carbocycles. The van der Waals surface area contributed by atoms with Gasteiger partial charge in [0, 0.05) is 21.5 Å². The van der Waals surface area contributed by atoms with Crippen molar-refractivity contribution in [3.63, 3.8) is 0 Å². The number of benzene rings is 3. The molecule has 3 rings (SSSR count). The van der Waals surface area contributed by atoms with E-state index in [4.69, 9.17) is 18.9 Å². The van der Waals surface area contributed by atoms with Crippen molar-refractivity contribution in [1.29, 1.82) is 0 Å². The van der Waals surface area contributed by atoms with Crippen molar-refractivity contribution >= 4 is 33.9 Å². The van der Waals surface area contributed by atoms with E-state index in [1.807, 2.05) is 60.7 Å². The van der Waals surface area contributed by atoms with Gasteiger partial charge in [-0.25, -0.2) is 9.59 Å². The van der Waals surface area contributed by atoms with Crippen LogP contribution in [0.4, 0.5) is 9.59 Å². The largest absolute Gasteiger partial charge is 0.513 e. The molecule has 0 spiro atoms. The second-order valence-electron chi connectivity index (χ2n) is 8.25. The highest BCUT2D eigenvalue weighted by atomic mass is 16.7. The first-order valence-electron chi connectivity index (χ1n) is 12.6. The van der Waals surface area contributed by atoms with Crippen molar-refractivity contribution in [3.8, 4) is 11.5 Å². The Labute approximate surface area is 212 Å². The number of ether oxygens (including phenoxy) is 4. The predicted molar refractivity (Wildman–Crippen MR) is 143 cm³/mol. The van der Waals surface area contributed by atoms with E-state index in [1.165, 1.54) is 0 Å². The molecule has 6 nitrogen and oxygen atoms in total. The van der Waals surface area contributed by atoms with Gasteiger partial charge in [0.2, 0.25) is 0 Å². The second-order valence-corrected chi connectivity index (χ2v) is 8.25. The number of rotatable bonds is 12. The minimum absolute atomic E-state index is 0.232. The molecule has 3 aromatic rings. The Hall–Kier alpha value is -3.80. The summed E-state index contributed by atoms with van der Waals surface area (Å²) < 4.78 is 21.9. The Morgan fingerprint density at radius 3 is 1.25 bits per heavy atom. The van der Waals surface area contributed by atoms with E-state index < -0.39 is 12.3 Å². The Bertz CT molecular complexity index is 1060. The van der Waals surface area contributed by atoms with Crippen LogP contribution in [0.15, 0.2) is 72.8 Å². The Morgan fingerprint density at radius 2 is 0.917 bits per heavy atom. The lowest BCUT2D eigenvalue weighted by Gasteiger charge is -2.16. The highest BCUT2D eigenvalue weighted by Crippen LogP contribution is 2.42. The molecule has 0 aliphatic heterocycles. The quantitative estimate of drug-likeness (QED) is 0.0833. The zero-order valence-corrected chi connectivity index (χ0v) is 21.0. The third-order valence-electron chi connectivity index (χ3n) is 5.46. The molecule has 0 N–H and O–H groups in total. The van der Waals surface area contributed by atoms with Gasteiger partial charge >= 0.3 is 12.3 Å². The van der Waals surface area contributed by atoms with Crippen LogP contribution in [0.1, 0.15) is 52.4 Å². The average molecular weight is 491 g/mol. The van der Waals surface area contributed by atoms with Crippen molar-refractivity contribution in [2.45, 2.75) is 52.4 Å². The van der Waals surface area contributed by atoms with Gasteiger partial charge in [-0.2, -0.15) is 0 Å². The Morgan fingerprint density at radius 1 is 0.583 bits per heavy atom. The third kappa shape index (κ3) is 7.60. The number of carbonyl (C=O) groups excluding carboxylic acids is 2. The minimum atomic E-state index is -0.779. The molecule has 0 atom stereocenters. The topological polar surface area (TPSA) is 71.1 Å². The SMILES string of the molecule is CCC/C=C/CCOC(=O)Oc1c2ccccc2c(OC(=O)OCC/C=C/CCC)c2ccccc12. The molecule has 36 heavy (non-hydrogen) atoms. The van der Waals surface area contributed by atoms with Gasteiger partial charge in [0.1, 0.15) is 11.5 Å². The molecular formula is C30H34O6. The van der Waals surface area contributed by atoms with Crippen LogP contribution in [0.3, 0.4) is 0 Å². The van der Waals surface area contributed by atoms with Gasteiger partial charge in [0.25, 0.3) is 0 Å². The summed E-state index contributed by atoms with van der Waals surface area (Å²) in [5.41, 5.74) is 0. The number of fused-ring (bicyclic) bond motifs is 2. The summed E-state index contributed by atoms with van der Waals surface area (Å²) >= 11 is 0. The van der Waals surface area contributed by atoms with Gasteiger partial charge in [-0.15, -0.1) is 0 Å². The zero-order valence-electron chi connectivity index (χ0n) is 21.0. The van der Waals surface area contributed by atoms with Gasteiger partial charge in [-0.3, -0.25) is 0 Å². The maximum absolute atomic E-state index is 12.5. The molecular weight excluding hydrogens is 456 g/mol. The number of unbranched alkanes of at least 4 members (excludes halogenated alkanes) is 2. The van der Waals surface area contributed by atoms with Crippen molar-refractivity contribution in [2.75, 3.05) is 13.2 Å². The molecule has 0 saturated carbocycles. The molecule has 0 saturated heterocycles. The maximum Gasteiger partial charge on any atom is 0.513 e. The monoisotopic (exact) mass is 490 g/mol. The molecule has 190 valence electrons. The van der Waals surface area contributed by atoms with E-state index in [9.17, 15) is 9.59 Å². The standard InChI is InChI=1S/C30H34O6/c1-3-5-7-9-15-21-33-29(31)35-27-23-17-11-13-19-25(23)28(26-20-14-12-18-24(26)27)36-30(32)34-22-16-10-8-6-4-2/h7-14,17-20H,3-6,15-16,21-22H2,1-2H3/b9-7+,10-8+. The summed E-state index contributed by atoms with van der Waals surface area (Å²) in [6.07, 6.45) is 12.0. The van der Waals surface area contributed by atoms with E-state index in [0.29, 0.717) is 45.9 Å². The van der Waals surface area contributed by atoms with Crippen molar-refractivity contribution in [2.24, 2.45) is 0 Å². The van der Waals surface area contributed by atoms with Crippen LogP contribution in [-0.2, 0) is 9.47 Å².